The van der Waals surface area contributed by atoms with E-state index in [0.29, 0.717) is 52.8 Å². The lowest BCUT2D eigenvalue weighted by Gasteiger charge is -2.19. The highest BCUT2D eigenvalue weighted by atomic mass is 16.6. The van der Waals surface area contributed by atoms with Gasteiger partial charge in [0.05, 0.1) is 52.4 Å². The van der Waals surface area contributed by atoms with Crippen molar-refractivity contribution in [2.24, 2.45) is 0 Å². The normalized spacial score (nSPS) is 11.7. The second kappa shape index (κ2) is 13.5. The Morgan fingerprint density at radius 1 is 0.870 bits per heavy atom. The molecule has 0 heterocycles. The van der Waals surface area contributed by atoms with Gasteiger partial charge in [0.2, 0.25) is 0 Å². The minimum Gasteiger partial charge on any atom is -0.444 e. The van der Waals surface area contributed by atoms with Crippen molar-refractivity contribution in [3.63, 3.8) is 0 Å². The molecule has 0 aliphatic carbocycles. The van der Waals surface area contributed by atoms with Crippen LogP contribution in [0, 0.1) is 0 Å². The topological polar surface area (TPSA) is 75.3 Å². The fourth-order valence-corrected chi connectivity index (χ4v) is 1.42. The SMILES string of the molecule is CC(C)OCCOCCOCCOCCNC(=O)OC(C)(C)C. The second-order valence-corrected chi connectivity index (χ2v) is 6.19. The Morgan fingerprint density at radius 2 is 1.35 bits per heavy atom. The molecule has 0 unspecified atom stereocenters. The maximum Gasteiger partial charge on any atom is 0.407 e. The fraction of sp³-hybridized carbons (Fsp3) is 0.938. The molecule has 0 spiro atoms. The Bertz CT molecular complexity index is 291. The Kier molecular flexibility index (Phi) is 13.0. The van der Waals surface area contributed by atoms with Crippen molar-refractivity contribution in [3.05, 3.63) is 0 Å². The molecule has 0 saturated heterocycles. The lowest BCUT2D eigenvalue weighted by Crippen LogP contribution is -2.34. The number of alkyl carbamates (subject to hydrolysis) is 1. The molecule has 0 rings (SSSR count). The molecule has 0 aromatic heterocycles. The van der Waals surface area contributed by atoms with Crippen molar-refractivity contribution in [1.29, 1.82) is 0 Å². The molecule has 0 aliphatic rings. The fourth-order valence-electron chi connectivity index (χ4n) is 1.42. The molecule has 1 amide bonds. The summed E-state index contributed by atoms with van der Waals surface area (Å²) in [5.74, 6) is 0. The van der Waals surface area contributed by atoms with Gasteiger partial charge in [0.1, 0.15) is 5.60 Å². The molecule has 1 N–H and O–H groups in total. The van der Waals surface area contributed by atoms with Crippen LogP contribution in [-0.2, 0) is 23.7 Å². The zero-order chi connectivity index (χ0) is 17.6. The summed E-state index contributed by atoms with van der Waals surface area (Å²) in [7, 11) is 0. The van der Waals surface area contributed by atoms with Crippen LogP contribution in [0.4, 0.5) is 4.79 Å². The molecule has 0 radical (unpaired) electrons. The van der Waals surface area contributed by atoms with E-state index in [1.165, 1.54) is 0 Å². The van der Waals surface area contributed by atoms with E-state index in [4.69, 9.17) is 23.7 Å². The molecule has 0 atom stereocenters. The summed E-state index contributed by atoms with van der Waals surface area (Å²) in [6, 6.07) is 0. The summed E-state index contributed by atoms with van der Waals surface area (Å²) < 4.78 is 26.5. The summed E-state index contributed by atoms with van der Waals surface area (Å²) in [4.78, 5) is 11.3. The van der Waals surface area contributed by atoms with Gasteiger partial charge in [-0.1, -0.05) is 0 Å². The van der Waals surface area contributed by atoms with Crippen molar-refractivity contribution in [2.45, 2.75) is 46.3 Å². The summed E-state index contributed by atoms with van der Waals surface area (Å²) in [5, 5.41) is 2.62. The molecular weight excluding hydrogens is 302 g/mol. The molecule has 0 aromatic rings. The van der Waals surface area contributed by atoms with Crippen molar-refractivity contribution >= 4 is 6.09 Å². The van der Waals surface area contributed by atoms with Crippen LogP contribution in [0.2, 0.25) is 0 Å². The van der Waals surface area contributed by atoms with E-state index in [-0.39, 0.29) is 6.10 Å². The molecule has 0 saturated carbocycles. The van der Waals surface area contributed by atoms with Crippen LogP contribution in [0.5, 0.6) is 0 Å². The number of rotatable bonds is 13. The Morgan fingerprint density at radius 3 is 1.83 bits per heavy atom. The standard InChI is InChI=1S/C16H33NO6/c1-14(2)22-13-12-21-11-10-20-9-8-19-7-6-17-15(18)23-16(3,4)5/h14H,6-13H2,1-5H3,(H,17,18). The van der Waals surface area contributed by atoms with Crippen LogP contribution in [0.25, 0.3) is 0 Å². The van der Waals surface area contributed by atoms with Crippen LogP contribution < -0.4 is 5.32 Å². The second-order valence-electron chi connectivity index (χ2n) is 6.19. The number of amides is 1. The quantitative estimate of drug-likeness (QED) is 0.519. The Balaban J connectivity index is 3.18. The smallest absolute Gasteiger partial charge is 0.407 e. The van der Waals surface area contributed by atoms with Gasteiger partial charge in [-0.05, 0) is 34.6 Å². The van der Waals surface area contributed by atoms with Gasteiger partial charge in [-0.3, -0.25) is 0 Å². The van der Waals surface area contributed by atoms with Gasteiger partial charge >= 0.3 is 6.09 Å². The number of carbonyl (C=O) groups excluding carboxylic acids is 1. The number of carbonyl (C=O) groups is 1. The third-order valence-corrected chi connectivity index (χ3v) is 2.34. The zero-order valence-corrected chi connectivity index (χ0v) is 15.2. The minimum absolute atomic E-state index is 0.233. The third-order valence-electron chi connectivity index (χ3n) is 2.34. The predicted octanol–water partition coefficient (Wildman–Crippen LogP) is 1.99. The number of nitrogens with one attached hydrogen (secondary N) is 1. The predicted molar refractivity (Wildman–Crippen MR) is 87.8 cm³/mol. The lowest BCUT2D eigenvalue weighted by molar-refractivity contribution is -0.0116. The lowest BCUT2D eigenvalue weighted by atomic mass is 10.2. The molecule has 23 heavy (non-hydrogen) atoms. The molecule has 0 aliphatic heterocycles. The highest BCUT2D eigenvalue weighted by Gasteiger charge is 2.15. The number of hydrogen-bond donors (Lipinski definition) is 1. The highest BCUT2D eigenvalue weighted by molar-refractivity contribution is 5.67. The largest absolute Gasteiger partial charge is 0.444 e. The van der Waals surface area contributed by atoms with Gasteiger partial charge in [-0.25, -0.2) is 4.79 Å². The first-order chi connectivity index (χ1) is 10.8. The summed E-state index contributed by atoms with van der Waals surface area (Å²) >= 11 is 0. The summed E-state index contributed by atoms with van der Waals surface area (Å²) in [5.41, 5.74) is -0.484. The van der Waals surface area contributed by atoms with Crippen LogP contribution in [0.15, 0.2) is 0 Å². The first-order valence-electron chi connectivity index (χ1n) is 8.13. The van der Waals surface area contributed by atoms with E-state index < -0.39 is 11.7 Å². The minimum atomic E-state index is -0.484. The van der Waals surface area contributed by atoms with E-state index in [1.54, 1.807) is 0 Å². The van der Waals surface area contributed by atoms with Crippen molar-refractivity contribution < 1.29 is 28.5 Å². The molecule has 0 fully saturated rings. The van der Waals surface area contributed by atoms with E-state index in [1.807, 2.05) is 34.6 Å². The maximum absolute atomic E-state index is 11.3. The van der Waals surface area contributed by atoms with E-state index in [2.05, 4.69) is 5.32 Å². The van der Waals surface area contributed by atoms with Crippen molar-refractivity contribution in [1.82, 2.24) is 5.32 Å². The number of ether oxygens (including phenoxy) is 5. The summed E-state index contributed by atoms with van der Waals surface area (Å²) in [6.07, 6.45) is -0.201. The van der Waals surface area contributed by atoms with E-state index in [0.717, 1.165) is 0 Å². The average molecular weight is 335 g/mol. The van der Waals surface area contributed by atoms with Crippen molar-refractivity contribution in [3.8, 4) is 0 Å². The molecule has 138 valence electrons. The molecule has 0 aromatic carbocycles. The first-order valence-corrected chi connectivity index (χ1v) is 8.13. The third kappa shape index (κ3) is 19.1. The van der Waals surface area contributed by atoms with Gasteiger partial charge in [0.15, 0.2) is 0 Å². The van der Waals surface area contributed by atoms with Crippen LogP contribution >= 0.6 is 0 Å². The van der Waals surface area contributed by atoms with Crippen LogP contribution in [0.1, 0.15) is 34.6 Å². The average Bonchev–Trinajstić information content (AvgIpc) is 2.41. The van der Waals surface area contributed by atoms with E-state index >= 15 is 0 Å². The summed E-state index contributed by atoms with van der Waals surface area (Å²) in [6.45, 7) is 13.5. The maximum atomic E-state index is 11.3. The van der Waals surface area contributed by atoms with Gasteiger partial charge in [-0.2, -0.15) is 0 Å². The highest BCUT2D eigenvalue weighted by Crippen LogP contribution is 2.05. The van der Waals surface area contributed by atoms with Crippen molar-refractivity contribution in [2.75, 3.05) is 52.8 Å². The Labute approximate surface area is 139 Å². The molecular formula is C16H33NO6. The van der Waals surface area contributed by atoms with Gasteiger partial charge < -0.3 is 29.0 Å². The molecule has 7 heteroatoms. The van der Waals surface area contributed by atoms with Crippen LogP contribution in [-0.4, -0.2) is 70.6 Å². The van der Waals surface area contributed by atoms with Crippen LogP contribution in [0.3, 0.4) is 0 Å². The Hall–Kier alpha value is -0.890. The molecule has 0 bridgehead atoms. The van der Waals surface area contributed by atoms with E-state index in [9.17, 15) is 4.79 Å². The van der Waals surface area contributed by atoms with Gasteiger partial charge in [0.25, 0.3) is 0 Å². The van der Waals surface area contributed by atoms with Gasteiger partial charge in [-0.15, -0.1) is 0 Å². The molecule has 7 nitrogen and oxygen atoms in total. The zero-order valence-electron chi connectivity index (χ0n) is 15.2. The number of hydrogen-bond acceptors (Lipinski definition) is 6. The monoisotopic (exact) mass is 335 g/mol. The first kappa shape index (κ1) is 22.1. The van der Waals surface area contributed by atoms with Gasteiger partial charge in [0, 0.05) is 6.54 Å².